The fraction of sp³-hybridized carbons (Fsp3) is 0.588. The number of aryl methyl sites for hydroxylation is 1. The summed E-state index contributed by atoms with van der Waals surface area (Å²) in [6, 6.07) is 4.50. The Morgan fingerprint density at radius 2 is 2.14 bits per heavy atom. The summed E-state index contributed by atoms with van der Waals surface area (Å²) in [5, 5.41) is 0. The van der Waals surface area contributed by atoms with Crippen molar-refractivity contribution in [3.05, 3.63) is 29.6 Å². The molecule has 5 heteroatoms. The molecule has 1 atom stereocenters. The molecular formula is C17H23N3O2. The molecule has 0 N–H and O–H groups in total. The van der Waals surface area contributed by atoms with Crippen LogP contribution < -0.4 is 0 Å². The van der Waals surface area contributed by atoms with Gasteiger partial charge in [-0.1, -0.05) is 0 Å². The average Bonchev–Trinajstić information content (AvgIpc) is 2.47. The first kappa shape index (κ1) is 15.2. The number of rotatable bonds is 3. The van der Waals surface area contributed by atoms with Crippen molar-refractivity contribution >= 4 is 12.2 Å². The molecule has 0 bridgehead atoms. The first-order valence-electron chi connectivity index (χ1n) is 8.01. The molecule has 2 fully saturated rings. The lowest BCUT2D eigenvalue weighted by Gasteiger charge is -2.48. The maximum atomic E-state index is 12.6. The van der Waals surface area contributed by atoms with Crippen LogP contribution in [0.4, 0.5) is 0 Å². The summed E-state index contributed by atoms with van der Waals surface area (Å²) in [5.74, 6) is 0.341. The first-order chi connectivity index (χ1) is 10.6. The molecule has 1 saturated heterocycles. The first-order valence-corrected chi connectivity index (χ1v) is 8.01. The van der Waals surface area contributed by atoms with Crippen LogP contribution >= 0.6 is 0 Å². The van der Waals surface area contributed by atoms with Crippen molar-refractivity contribution in [3.63, 3.8) is 0 Å². The van der Waals surface area contributed by atoms with Gasteiger partial charge in [0.15, 0.2) is 0 Å². The van der Waals surface area contributed by atoms with Crippen molar-refractivity contribution < 1.29 is 9.59 Å². The summed E-state index contributed by atoms with van der Waals surface area (Å²) in [6.45, 7) is 6.48. The number of carbonyl (C=O) groups is 2. The number of aldehydes is 1. The lowest BCUT2D eigenvalue weighted by Crippen LogP contribution is -2.59. The zero-order valence-electron chi connectivity index (χ0n) is 13.2. The minimum atomic E-state index is 0.0939. The van der Waals surface area contributed by atoms with Crippen molar-refractivity contribution in [2.45, 2.75) is 38.8 Å². The van der Waals surface area contributed by atoms with Gasteiger partial charge in [-0.15, -0.1) is 0 Å². The number of hydrogen-bond donors (Lipinski definition) is 0. The summed E-state index contributed by atoms with van der Waals surface area (Å²) in [5.41, 5.74) is 1.59. The van der Waals surface area contributed by atoms with Gasteiger partial charge in [0.1, 0.15) is 6.29 Å². The maximum Gasteiger partial charge on any atom is 0.254 e. The topological polar surface area (TPSA) is 53.5 Å². The highest BCUT2D eigenvalue weighted by Gasteiger charge is 2.38. The van der Waals surface area contributed by atoms with E-state index in [0.717, 1.165) is 50.0 Å². The smallest absolute Gasteiger partial charge is 0.254 e. The van der Waals surface area contributed by atoms with Gasteiger partial charge in [-0.3, -0.25) is 14.7 Å². The van der Waals surface area contributed by atoms with E-state index >= 15 is 0 Å². The number of piperazine rings is 1. The molecule has 1 aliphatic heterocycles. The predicted molar refractivity (Wildman–Crippen MR) is 83.6 cm³/mol. The SMILES string of the molecule is Cc1cc(C(=O)N2CCN([C@H]3C[C@@H](C=O)C3)[C@@H](C)C2)ccn1. The van der Waals surface area contributed by atoms with Crippen LogP contribution in [0.1, 0.15) is 35.8 Å². The fourth-order valence-corrected chi connectivity index (χ4v) is 3.57. The highest BCUT2D eigenvalue weighted by molar-refractivity contribution is 5.94. The second-order valence-corrected chi connectivity index (χ2v) is 6.55. The highest BCUT2D eigenvalue weighted by Crippen LogP contribution is 2.32. The number of carbonyl (C=O) groups excluding carboxylic acids is 2. The van der Waals surface area contributed by atoms with Crippen molar-refractivity contribution in [2.24, 2.45) is 5.92 Å². The largest absolute Gasteiger partial charge is 0.336 e. The molecule has 1 aromatic heterocycles. The van der Waals surface area contributed by atoms with E-state index in [1.54, 1.807) is 12.3 Å². The Morgan fingerprint density at radius 1 is 1.36 bits per heavy atom. The van der Waals surface area contributed by atoms with Crippen LogP contribution in [-0.4, -0.2) is 58.7 Å². The van der Waals surface area contributed by atoms with Crippen LogP contribution in [0.25, 0.3) is 0 Å². The van der Waals surface area contributed by atoms with Crippen LogP contribution in [0.15, 0.2) is 18.3 Å². The van der Waals surface area contributed by atoms with Crippen LogP contribution in [0.5, 0.6) is 0 Å². The quantitative estimate of drug-likeness (QED) is 0.794. The van der Waals surface area contributed by atoms with E-state index in [2.05, 4.69) is 16.8 Å². The van der Waals surface area contributed by atoms with Crippen molar-refractivity contribution in [1.29, 1.82) is 0 Å². The van der Waals surface area contributed by atoms with Crippen molar-refractivity contribution in [1.82, 2.24) is 14.8 Å². The number of hydrogen-bond acceptors (Lipinski definition) is 4. The van der Waals surface area contributed by atoms with Gasteiger partial charge in [-0.05, 0) is 38.8 Å². The molecule has 118 valence electrons. The second-order valence-electron chi connectivity index (χ2n) is 6.55. The molecule has 1 aliphatic carbocycles. The standard InChI is InChI=1S/C17H23N3O2/c1-12-7-15(3-4-18-12)17(22)19-5-6-20(13(2)10-19)16-8-14(9-16)11-21/h3-4,7,11,13-14,16H,5-6,8-10H2,1-2H3/t13-,14-,16+/m0/s1. The van der Waals surface area contributed by atoms with Gasteiger partial charge < -0.3 is 9.69 Å². The van der Waals surface area contributed by atoms with Gasteiger partial charge in [-0.25, -0.2) is 0 Å². The summed E-state index contributed by atoms with van der Waals surface area (Å²) >= 11 is 0. The van der Waals surface area contributed by atoms with Crippen LogP contribution in [0.2, 0.25) is 0 Å². The number of aromatic nitrogens is 1. The monoisotopic (exact) mass is 301 g/mol. The Balaban J connectivity index is 1.60. The molecule has 0 spiro atoms. The van der Waals surface area contributed by atoms with Gasteiger partial charge in [0.25, 0.3) is 5.91 Å². The lowest BCUT2D eigenvalue weighted by molar-refractivity contribution is -0.116. The van der Waals surface area contributed by atoms with E-state index in [1.165, 1.54) is 0 Å². The molecular weight excluding hydrogens is 278 g/mol. The summed E-state index contributed by atoms with van der Waals surface area (Å²) in [7, 11) is 0. The number of nitrogens with zero attached hydrogens (tertiary/aromatic N) is 3. The molecule has 1 amide bonds. The van der Waals surface area contributed by atoms with Gasteiger partial charge in [-0.2, -0.15) is 0 Å². The third kappa shape index (κ3) is 2.90. The number of pyridine rings is 1. The summed E-state index contributed by atoms with van der Waals surface area (Å²) in [6.07, 6.45) is 4.72. The molecule has 1 saturated carbocycles. The van der Waals surface area contributed by atoms with Gasteiger partial charge >= 0.3 is 0 Å². The second kappa shape index (κ2) is 6.16. The van der Waals surface area contributed by atoms with Crippen LogP contribution in [0.3, 0.4) is 0 Å². The summed E-state index contributed by atoms with van der Waals surface area (Å²) < 4.78 is 0. The van der Waals surface area contributed by atoms with Gasteiger partial charge in [0.2, 0.25) is 0 Å². The van der Waals surface area contributed by atoms with E-state index < -0.39 is 0 Å². The molecule has 1 aromatic rings. The zero-order valence-corrected chi connectivity index (χ0v) is 13.2. The van der Waals surface area contributed by atoms with E-state index in [0.29, 0.717) is 12.1 Å². The molecule has 0 unspecified atom stereocenters. The predicted octanol–water partition coefficient (Wildman–Crippen LogP) is 1.51. The summed E-state index contributed by atoms with van der Waals surface area (Å²) in [4.78, 5) is 31.9. The van der Waals surface area contributed by atoms with Crippen molar-refractivity contribution in [3.8, 4) is 0 Å². The van der Waals surface area contributed by atoms with E-state index in [-0.39, 0.29) is 11.8 Å². The molecule has 2 aliphatic rings. The molecule has 0 aromatic carbocycles. The van der Waals surface area contributed by atoms with Crippen molar-refractivity contribution in [2.75, 3.05) is 19.6 Å². The minimum Gasteiger partial charge on any atom is -0.336 e. The Kier molecular flexibility index (Phi) is 4.25. The molecule has 3 rings (SSSR count). The third-order valence-corrected chi connectivity index (χ3v) is 4.92. The Morgan fingerprint density at radius 3 is 2.77 bits per heavy atom. The third-order valence-electron chi connectivity index (χ3n) is 4.92. The normalized spacial score (nSPS) is 29.0. The maximum absolute atomic E-state index is 12.6. The number of amides is 1. The Hall–Kier alpha value is -1.75. The zero-order chi connectivity index (χ0) is 15.7. The molecule has 22 heavy (non-hydrogen) atoms. The Bertz CT molecular complexity index is 569. The van der Waals surface area contributed by atoms with Gasteiger partial charge in [0.05, 0.1) is 0 Å². The fourth-order valence-electron chi connectivity index (χ4n) is 3.57. The highest BCUT2D eigenvalue weighted by atomic mass is 16.2. The minimum absolute atomic E-state index is 0.0939. The van der Waals surface area contributed by atoms with Crippen LogP contribution in [0, 0.1) is 12.8 Å². The molecule has 2 heterocycles. The van der Waals surface area contributed by atoms with E-state index in [4.69, 9.17) is 0 Å². The van der Waals surface area contributed by atoms with Crippen LogP contribution in [-0.2, 0) is 4.79 Å². The molecule has 5 nitrogen and oxygen atoms in total. The average molecular weight is 301 g/mol. The Labute approximate surface area is 131 Å². The van der Waals surface area contributed by atoms with E-state index in [1.807, 2.05) is 17.9 Å². The van der Waals surface area contributed by atoms with E-state index in [9.17, 15) is 9.59 Å². The molecule has 0 radical (unpaired) electrons. The lowest BCUT2D eigenvalue weighted by atomic mass is 9.79. The van der Waals surface area contributed by atoms with Gasteiger partial charge in [0, 0.05) is 55.1 Å².